The number of nitrogens with zero attached hydrogens (tertiary/aromatic N) is 3. The lowest BCUT2D eigenvalue weighted by Crippen LogP contribution is -2.39. The van der Waals surface area contributed by atoms with Crippen LogP contribution in [0.1, 0.15) is 56.3 Å². The van der Waals surface area contributed by atoms with Gasteiger partial charge in [0.1, 0.15) is 16.5 Å². The molecule has 0 aliphatic carbocycles. The third-order valence-electron chi connectivity index (χ3n) is 4.99. The van der Waals surface area contributed by atoms with Crippen LogP contribution < -0.4 is 0 Å². The second kappa shape index (κ2) is 7.83. The summed E-state index contributed by atoms with van der Waals surface area (Å²) in [6.45, 7) is 5.13. The van der Waals surface area contributed by atoms with Gasteiger partial charge in [-0.3, -0.25) is 4.79 Å². The number of halogens is 1. The molecule has 28 heavy (non-hydrogen) atoms. The smallest absolute Gasteiger partial charge is 0.265 e. The van der Waals surface area contributed by atoms with Crippen molar-refractivity contribution in [2.24, 2.45) is 0 Å². The van der Waals surface area contributed by atoms with E-state index in [1.807, 2.05) is 24.8 Å². The van der Waals surface area contributed by atoms with Crippen LogP contribution in [-0.4, -0.2) is 33.9 Å². The predicted octanol–water partition coefficient (Wildman–Crippen LogP) is 4.50. The normalized spacial score (nSPS) is 17.1. The number of carbonyl (C=O) groups is 1. The first-order valence-electron chi connectivity index (χ1n) is 9.42. The average Bonchev–Trinajstić information content (AvgIpc) is 3.27. The maximum absolute atomic E-state index is 13.4. The van der Waals surface area contributed by atoms with Crippen molar-refractivity contribution in [3.05, 3.63) is 69.1 Å². The summed E-state index contributed by atoms with van der Waals surface area (Å²) >= 11 is 1.45. The summed E-state index contributed by atoms with van der Waals surface area (Å²) in [6.07, 6.45) is 4.05. The van der Waals surface area contributed by atoms with Crippen LogP contribution in [0.3, 0.4) is 0 Å². The maximum atomic E-state index is 13.4. The molecule has 146 valence electrons. The van der Waals surface area contributed by atoms with Gasteiger partial charge in [0.15, 0.2) is 5.89 Å². The van der Waals surface area contributed by atoms with Gasteiger partial charge in [0.25, 0.3) is 5.91 Å². The molecular formula is C21H22FN3O2S. The highest BCUT2D eigenvalue weighted by molar-refractivity contribution is 7.13. The molecule has 3 aromatic rings. The van der Waals surface area contributed by atoms with Crippen LogP contribution in [0, 0.1) is 19.7 Å². The molecule has 5 nitrogen and oxygen atoms in total. The minimum Gasteiger partial charge on any atom is -0.445 e. The Morgan fingerprint density at radius 1 is 1.39 bits per heavy atom. The zero-order chi connectivity index (χ0) is 19.7. The number of benzene rings is 1. The molecule has 1 aliphatic heterocycles. The second-order valence-electron chi connectivity index (χ2n) is 7.21. The van der Waals surface area contributed by atoms with Crippen molar-refractivity contribution < 1.29 is 13.6 Å². The number of rotatable bonds is 4. The lowest BCUT2D eigenvalue weighted by atomic mass is 9.98. The lowest BCUT2D eigenvalue weighted by Gasteiger charge is -2.31. The van der Waals surface area contributed by atoms with E-state index in [4.69, 9.17) is 4.42 Å². The van der Waals surface area contributed by atoms with E-state index in [1.54, 1.807) is 12.3 Å². The quantitative estimate of drug-likeness (QED) is 0.648. The maximum Gasteiger partial charge on any atom is 0.265 e. The molecule has 0 radical (unpaired) electrons. The summed E-state index contributed by atoms with van der Waals surface area (Å²) in [6, 6.07) is 6.49. The third kappa shape index (κ3) is 3.99. The molecule has 0 bridgehead atoms. The largest absolute Gasteiger partial charge is 0.445 e. The topological polar surface area (TPSA) is 59.2 Å². The van der Waals surface area contributed by atoms with Gasteiger partial charge in [-0.1, -0.05) is 12.1 Å². The van der Waals surface area contributed by atoms with Gasteiger partial charge in [-0.2, -0.15) is 0 Å². The molecule has 0 spiro atoms. The minimum atomic E-state index is -0.257. The summed E-state index contributed by atoms with van der Waals surface area (Å²) in [5, 5.41) is 0.907. The Kier molecular flexibility index (Phi) is 5.26. The van der Waals surface area contributed by atoms with Gasteiger partial charge in [0.2, 0.25) is 0 Å². The Morgan fingerprint density at radius 3 is 3.00 bits per heavy atom. The molecule has 0 saturated carbocycles. The Labute approximate surface area is 167 Å². The van der Waals surface area contributed by atoms with Crippen molar-refractivity contribution in [2.75, 3.05) is 13.1 Å². The molecule has 4 rings (SSSR count). The van der Waals surface area contributed by atoms with Crippen LogP contribution in [0.4, 0.5) is 4.39 Å². The van der Waals surface area contributed by atoms with Crippen LogP contribution in [0.5, 0.6) is 0 Å². The number of oxazole rings is 1. The first kappa shape index (κ1) is 18.8. The fourth-order valence-corrected chi connectivity index (χ4v) is 4.57. The second-order valence-corrected chi connectivity index (χ2v) is 8.41. The van der Waals surface area contributed by atoms with E-state index < -0.39 is 0 Å². The van der Waals surface area contributed by atoms with Crippen LogP contribution in [-0.2, 0) is 6.42 Å². The average molecular weight is 399 g/mol. The summed E-state index contributed by atoms with van der Waals surface area (Å²) < 4.78 is 19.3. The number of carbonyl (C=O) groups excluding carboxylic acids is 1. The third-order valence-corrected chi connectivity index (χ3v) is 6.06. The molecule has 1 aromatic carbocycles. The fourth-order valence-electron chi connectivity index (χ4n) is 3.68. The standard InChI is InChI=1S/C21H22FN3O2S/c1-13-19(28-14(2)24-13)21(26)25-8-4-6-16(12-25)20-23-11-18(27-20)10-15-5-3-7-17(22)9-15/h3,5,7,9,11,16H,4,6,8,10,12H2,1-2H3/t16-/m1/s1. The van der Waals surface area contributed by atoms with Crippen LogP contribution in [0.2, 0.25) is 0 Å². The van der Waals surface area contributed by atoms with E-state index in [0.717, 1.165) is 40.5 Å². The summed E-state index contributed by atoms with van der Waals surface area (Å²) in [5.41, 5.74) is 1.64. The summed E-state index contributed by atoms with van der Waals surface area (Å²) in [7, 11) is 0. The van der Waals surface area contributed by atoms with Gasteiger partial charge >= 0.3 is 0 Å². The molecule has 1 atom stereocenters. The van der Waals surface area contributed by atoms with Crippen molar-refractivity contribution in [1.29, 1.82) is 0 Å². The summed E-state index contributed by atoms with van der Waals surface area (Å²) in [5.74, 6) is 1.22. The Balaban J connectivity index is 1.45. The Morgan fingerprint density at radius 2 is 2.25 bits per heavy atom. The van der Waals surface area contributed by atoms with E-state index in [1.165, 1.54) is 23.5 Å². The molecule has 3 heterocycles. The molecular weight excluding hydrogens is 377 g/mol. The highest BCUT2D eigenvalue weighted by Gasteiger charge is 2.30. The number of amides is 1. The number of aromatic nitrogens is 2. The highest BCUT2D eigenvalue weighted by Crippen LogP contribution is 2.29. The molecule has 2 aromatic heterocycles. The molecule has 1 aliphatic rings. The van der Waals surface area contributed by atoms with Gasteiger partial charge < -0.3 is 9.32 Å². The van der Waals surface area contributed by atoms with E-state index in [0.29, 0.717) is 24.6 Å². The fraction of sp³-hybridized carbons (Fsp3) is 0.381. The van der Waals surface area contributed by atoms with Crippen LogP contribution in [0.15, 0.2) is 34.9 Å². The number of likely N-dealkylation sites (tertiary alicyclic amines) is 1. The van der Waals surface area contributed by atoms with Crippen molar-refractivity contribution in [1.82, 2.24) is 14.9 Å². The van der Waals surface area contributed by atoms with E-state index in [9.17, 15) is 9.18 Å². The van der Waals surface area contributed by atoms with E-state index in [2.05, 4.69) is 9.97 Å². The Hall–Kier alpha value is -2.54. The van der Waals surface area contributed by atoms with Crippen LogP contribution in [0.25, 0.3) is 0 Å². The SMILES string of the molecule is Cc1nc(C)c(C(=O)N2CCC[C@@H](c3ncc(Cc4cccc(F)c4)o3)C2)s1. The first-order chi connectivity index (χ1) is 13.5. The Bertz CT molecular complexity index is 997. The summed E-state index contributed by atoms with van der Waals surface area (Å²) in [4.78, 5) is 24.3. The van der Waals surface area contributed by atoms with Crippen molar-refractivity contribution in [3.8, 4) is 0 Å². The highest BCUT2D eigenvalue weighted by atomic mass is 32.1. The zero-order valence-electron chi connectivity index (χ0n) is 15.9. The number of hydrogen-bond donors (Lipinski definition) is 0. The van der Waals surface area contributed by atoms with Crippen molar-refractivity contribution in [3.63, 3.8) is 0 Å². The van der Waals surface area contributed by atoms with E-state index in [-0.39, 0.29) is 17.6 Å². The molecule has 1 saturated heterocycles. The number of hydrogen-bond acceptors (Lipinski definition) is 5. The molecule has 1 amide bonds. The predicted molar refractivity (Wildman–Crippen MR) is 105 cm³/mol. The first-order valence-corrected chi connectivity index (χ1v) is 10.2. The van der Waals surface area contributed by atoms with Gasteiger partial charge in [-0.05, 0) is 44.4 Å². The van der Waals surface area contributed by atoms with Crippen molar-refractivity contribution in [2.45, 2.75) is 39.0 Å². The zero-order valence-corrected chi connectivity index (χ0v) is 16.8. The van der Waals surface area contributed by atoms with Gasteiger partial charge in [0, 0.05) is 19.5 Å². The molecule has 0 N–H and O–H groups in total. The van der Waals surface area contributed by atoms with Gasteiger partial charge in [0.05, 0.1) is 22.8 Å². The van der Waals surface area contributed by atoms with Gasteiger partial charge in [-0.15, -0.1) is 11.3 Å². The van der Waals surface area contributed by atoms with E-state index >= 15 is 0 Å². The number of aryl methyl sites for hydroxylation is 2. The van der Waals surface area contributed by atoms with Crippen molar-refractivity contribution >= 4 is 17.2 Å². The lowest BCUT2D eigenvalue weighted by molar-refractivity contribution is 0.0702. The molecule has 7 heteroatoms. The molecule has 1 fully saturated rings. The number of piperidine rings is 1. The van der Waals surface area contributed by atoms with Gasteiger partial charge in [-0.25, -0.2) is 14.4 Å². The number of thiazole rings is 1. The van der Waals surface area contributed by atoms with Crippen LogP contribution >= 0.6 is 11.3 Å². The monoisotopic (exact) mass is 399 g/mol. The minimum absolute atomic E-state index is 0.0411. The molecule has 0 unspecified atom stereocenters.